The first-order valence-corrected chi connectivity index (χ1v) is 8.49. The average Bonchev–Trinajstić information content (AvgIpc) is 2.60. The van der Waals surface area contributed by atoms with Gasteiger partial charge in [0.1, 0.15) is 12.0 Å². The number of aromatic nitrogens is 2. The maximum atomic E-state index is 13.1. The molecule has 0 radical (unpaired) electrons. The zero-order valence-electron chi connectivity index (χ0n) is 13.2. The van der Waals surface area contributed by atoms with Crippen LogP contribution in [0.2, 0.25) is 0 Å². The van der Waals surface area contributed by atoms with E-state index in [-0.39, 0.29) is 17.2 Å². The summed E-state index contributed by atoms with van der Waals surface area (Å²) in [5, 5.41) is 5.67. The normalized spacial score (nSPS) is 11.2. The third kappa shape index (κ3) is 4.15. The number of nitrogens with one attached hydrogen (secondary N) is 2. The maximum Gasteiger partial charge on any atom is 0.418 e. The molecule has 134 valence electrons. The molecular weight excluding hydrogens is 458 g/mol. The number of para-hydroxylation sites is 1. The molecule has 0 spiro atoms. The van der Waals surface area contributed by atoms with Crippen molar-refractivity contribution in [2.24, 2.45) is 0 Å². The fourth-order valence-corrected chi connectivity index (χ4v) is 2.59. The molecule has 0 atom stereocenters. The Hall–Kier alpha value is -2.56. The van der Waals surface area contributed by atoms with Gasteiger partial charge in [-0.05, 0) is 59.0 Å². The highest BCUT2D eigenvalue weighted by Crippen LogP contribution is 2.37. The smallest absolute Gasteiger partial charge is 0.393 e. The summed E-state index contributed by atoms with van der Waals surface area (Å²) in [7, 11) is 0. The van der Waals surface area contributed by atoms with Crippen LogP contribution in [0.3, 0.4) is 0 Å². The molecule has 0 fully saturated rings. The van der Waals surface area contributed by atoms with Crippen LogP contribution >= 0.6 is 22.6 Å². The van der Waals surface area contributed by atoms with Gasteiger partial charge in [0.25, 0.3) is 0 Å². The van der Waals surface area contributed by atoms with E-state index < -0.39 is 11.7 Å². The third-order valence-electron chi connectivity index (χ3n) is 3.48. The molecule has 9 heteroatoms. The van der Waals surface area contributed by atoms with Crippen LogP contribution in [-0.4, -0.2) is 9.97 Å². The van der Waals surface area contributed by atoms with E-state index in [1.54, 1.807) is 0 Å². The summed E-state index contributed by atoms with van der Waals surface area (Å²) in [6.07, 6.45) is -3.27. The van der Waals surface area contributed by atoms with Crippen molar-refractivity contribution < 1.29 is 13.2 Å². The zero-order chi connectivity index (χ0) is 18.7. The van der Waals surface area contributed by atoms with Gasteiger partial charge in [-0.15, -0.1) is 0 Å². The summed E-state index contributed by atoms with van der Waals surface area (Å²) in [5.41, 5.74) is 5.96. The van der Waals surface area contributed by atoms with Crippen molar-refractivity contribution in [2.75, 3.05) is 16.4 Å². The Morgan fingerprint density at radius 2 is 1.50 bits per heavy atom. The molecule has 0 aliphatic carbocycles. The van der Waals surface area contributed by atoms with Crippen molar-refractivity contribution >= 4 is 51.3 Å². The number of nitrogens with two attached hydrogens (primary N) is 1. The van der Waals surface area contributed by atoms with Gasteiger partial charge in [0, 0.05) is 9.26 Å². The average molecular weight is 471 g/mol. The second-order valence-corrected chi connectivity index (χ2v) is 6.53. The van der Waals surface area contributed by atoms with Crippen LogP contribution in [0, 0.1) is 3.57 Å². The van der Waals surface area contributed by atoms with E-state index in [0.29, 0.717) is 5.82 Å². The number of hydrogen-bond donors (Lipinski definition) is 3. The monoisotopic (exact) mass is 471 g/mol. The van der Waals surface area contributed by atoms with Crippen molar-refractivity contribution in [3.8, 4) is 0 Å². The van der Waals surface area contributed by atoms with Crippen LogP contribution in [0.15, 0.2) is 54.9 Å². The first-order valence-electron chi connectivity index (χ1n) is 7.41. The van der Waals surface area contributed by atoms with Crippen molar-refractivity contribution in [3.05, 3.63) is 64.0 Å². The molecule has 0 amide bonds. The van der Waals surface area contributed by atoms with E-state index >= 15 is 0 Å². The lowest BCUT2D eigenvalue weighted by molar-refractivity contribution is -0.136. The molecule has 0 unspecified atom stereocenters. The highest BCUT2D eigenvalue weighted by atomic mass is 127. The summed E-state index contributed by atoms with van der Waals surface area (Å²) in [5.74, 6) is 0.387. The minimum absolute atomic E-state index is 0.0877. The number of nitrogens with zero attached hydrogens (tertiary/aromatic N) is 2. The third-order valence-corrected chi connectivity index (χ3v) is 4.20. The first kappa shape index (κ1) is 18.2. The van der Waals surface area contributed by atoms with Crippen LogP contribution in [-0.2, 0) is 6.18 Å². The van der Waals surface area contributed by atoms with Crippen LogP contribution in [0.5, 0.6) is 0 Å². The standard InChI is InChI=1S/C17H13F3IN5/c18-17(19,20)12-3-1-2-4-13(12)26-16-14(22)15(23-9-24-16)25-11-7-5-10(21)6-8-11/h1-9H,22H2,(H2,23,24,25,26). The highest BCUT2D eigenvalue weighted by molar-refractivity contribution is 14.1. The lowest BCUT2D eigenvalue weighted by Crippen LogP contribution is -2.10. The van der Waals surface area contributed by atoms with E-state index in [9.17, 15) is 13.2 Å². The first-order chi connectivity index (χ1) is 12.3. The van der Waals surface area contributed by atoms with E-state index in [2.05, 4.69) is 43.2 Å². The lowest BCUT2D eigenvalue weighted by atomic mass is 10.1. The second kappa shape index (κ2) is 7.36. The molecule has 5 nitrogen and oxygen atoms in total. The molecule has 0 aliphatic heterocycles. The number of halogens is 4. The molecule has 3 aromatic rings. The Morgan fingerprint density at radius 1 is 0.885 bits per heavy atom. The number of anilines is 5. The minimum Gasteiger partial charge on any atom is -0.393 e. The molecule has 0 aliphatic rings. The van der Waals surface area contributed by atoms with Gasteiger partial charge >= 0.3 is 6.18 Å². The molecule has 2 aromatic carbocycles. The summed E-state index contributed by atoms with van der Waals surface area (Å²) in [4.78, 5) is 8.02. The van der Waals surface area contributed by atoms with E-state index in [1.807, 2.05) is 24.3 Å². The topological polar surface area (TPSA) is 75.9 Å². The fourth-order valence-electron chi connectivity index (χ4n) is 2.23. The molecule has 1 heterocycles. The number of nitrogen functional groups attached to an aromatic ring is 1. The SMILES string of the molecule is Nc1c(Nc2ccc(I)cc2)ncnc1Nc1ccccc1C(F)(F)F. The molecule has 3 rings (SSSR count). The molecule has 0 saturated carbocycles. The van der Waals surface area contributed by atoms with Gasteiger partial charge in [0.15, 0.2) is 11.6 Å². The predicted octanol–water partition coefficient (Wildman–Crippen LogP) is 5.17. The Balaban J connectivity index is 1.90. The van der Waals surface area contributed by atoms with Crippen LogP contribution in [0.1, 0.15) is 5.56 Å². The molecule has 0 saturated heterocycles. The number of benzene rings is 2. The Labute approximate surface area is 161 Å². The minimum atomic E-state index is -4.49. The van der Waals surface area contributed by atoms with Crippen LogP contribution in [0.4, 0.5) is 41.9 Å². The van der Waals surface area contributed by atoms with Gasteiger partial charge in [-0.25, -0.2) is 9.97 Å². The van der Waals surface area contributed by atoms with Crippen molar-refractivity contribution in [3.63, 3.8) is 0 Å². The summed E-state index contributed by atoms with van der Waals surface area (Å²) in [6, 6.07) is 12.6. The Bertz CT molecular complexity index is 913. The Morgan fingerprint density at radius 3 is 2.15 bits per heavy atom. The number of hydrogen-bond acceptors (Lipinski definition) is 5. The van der Waals surface area contributed by atoms with Gasteiger partial charge in [0.05, 0.1) is 11.3 Å². The van der Waals surface area contributed by atoms with Gasteiger partial charge < -0.3 is 16.4 Å². The molecular formula is C17H13F3IN5. The molecule has 1 aromatic heterocycles. The maximum absolute atomic E-state index is 13.1. The van der Waals surface area contributed by atoms with Crippen molar-refractivity contribution in [1.82, 2.24) is 9.97 Å². The molecule has 26 heavy (non-hydrogen) atoms. The van der Waals surface area contributed by atoms with E-state index in [0.717, 1.165) is 15.3 Å². The van der Waals surface area contributed by atoms with Gasteiger partial charge in [-0.2, -0.15) is 13.2 Å². The molecule has 4 N–H and O–H groups in total. The van der Waals surface area contributed by atoms with Crippen LogP contribution in [0.25, 0.3) is 0 Å². The summed E-state index contributed by atoms with van der Waals surface area (Å²) in [6.45, 7) is 0. The zero-order valence-corrected chi connectivity index (χ0v) is 15.3. The lowest BCUT2D eigenvalue weighted by Gasteiger charge is -2.16. The van der Waals surface area contributed by atoms with Crippen molar-refractivity contribution in [1.29, 1.82) is 0 Å². The van der Waals surface area contributed by atoms with E-state index in [1.165, 1.54) is 24.5 Å². The van der Waals surface area contributed by atoms with E-state index in [4.69, 9.17) is 5.73 Å². The highest BCUT2D eigenvalue weighted by Gasteiger charge is 2.33. The number of rotatable bonds is 4. The van der Waals surface area contributed by atoms with Crippen molar-refractivity contribution in [2.45, 2.75) is 6.18 Å². The molecule has 0 bridgehead atoms. The fraction of sp³-hybridized carbons (Fsp3) is 0.0588. The van der Waals surface area contributed by atoms with Gasteiger partial charge in [-0.3, -0.25) is 0 Å². The van der Waals surface area contributed by atoms with Crippen LogP contribution < -0.4 is 16.4 Å². The quantitative estimate of drug-likeness (QED) is 0.458. The predicted molar refractivity (Wildman–Crippen MR) is 104 cm³/mol. The van der Waals surface area contributed by atoms with Gasteiger partial charge in [-0.1, -0.05) is 12.1 Å². The summed E-state index contributed by atoms with van der Waals surface area (Å²) < 4.78 is 40.5. The Kier molecular flexibility index (Phi) is 5.16. The van der Waals surface area contributed by atoms with Gasteiger partial charge in [0.2, 0.25) is 0 Å². The largest absolute Gasteiger partial charge is 0.418 e. The second-order valence-electron chi connectivity index (χ2n) is 5.28. The number of alkyl halides is 3. The summed E-state index contributed by atoms with van der Waals surface area (Å²) >= 11 is 2.18.